The molecule has 1 saturated heterocycles. The maximum atomic E-state index is 14.6. The highest BCUT2D eigenvalue weighted by atomic mass is 19.1. The summed E-state index contributed by atoms with van der Waals surface area (Å²) in [6, 6.07) is 6.99. The average molecular weight is 415 g/mol. The molecular formula is C20H22FN5O4. The van der Waals surface area contributed by atoms with Crippen molar-refractivity contribution in [2.45, 2.75) is 19.4 Å². The molecule has 2 heterocycles. The Balaban J connectivity index is 1.78. The summed E-state index contributed by atoms with van der Waals surface area (Å²) < 4.78 is 15.9. The lowest BCUT2D eigenvalue weighted by molar-refractivity contribution is -0.126. The fourth-order valence-electron chi connectivity index (χ4n) is 3.48. The molecule has 3 rings (SSSR count). The van der Waals surface area contributed by atoms with Gasteiger partial charge in [-0.25, -0.2) is 9.18 Å². The zero-order chi connectivity index (χ0) is 21.8. The van der Waals surface area contributed by atoms with Crippen LogP contribution < -0.4 is 21.9 Å². The van der Waals surface area contributed by atoms with Crippen molar-refractivity contribution in [3.63, 3.8) is 0 Å². The number of nitrogens with zero attached hydrogens (tertiary/aromatic N) is 2. The summed E-state index contributed by atoms with van der Waals surface area (Å²) in [5.41, 5.74) is 5.18. The van der Waals surface area contributed by atoms with E-state index >= 15 is 0 Å². The predicted molar refractivity (Wildman–Crippen MR) is 107 cm³/mol. The quantitative estimate of drug-likeness (QED) is 0.668. The second-order valence-corrected chi connectivity index (χ2v) is 7.07. The third kappa shape index (κ3) is 4.65. The van der Waals surface area contributed by atoms with Gasteiger partial charge in [-0.2, -0.15) is 0 Å². The third-order valence-corrected chi connectivity index (χ3v) is 4.96. The molecule has 0 spiro atoms. The molecule has 1 aromatic heterocycles. The lowest BCUT2D eigenvalue weighted by Gasteiger charge is -2.24. The summed E-state index contributed by atoms with van der Waals surface area (Å²) in [7, 11) is 0. The highest BCUT2D eigenvalue weighted by molar-refractivity contribution is 5.97. The molecule has 2 atom stereocenters. The summed E-state index contributed by atoms with van der Waals surface area (Å²) >= 11 is 0. The molecule has 158 valence electrons. The van der Waals surface area contributed by atoms with Crippen molar-refractivity contribution in [3.05, 3.63) is 58.8 Å². The van der Waals surface area contributed by atoms with Crippen LogP contribution in [0.3, 0.4) is 0 Å². The van der Waals surface area contributed by atoms with E-state index < -0.39 is 29.7 Å². The van der Waals surface area contributed by atoms with Crippen LogP contribution in [0, 0.1) is 11.7 Å². The molecule has 1 aliphatic heterocycles. The van der Waals surface area contributed by atoms with Gasteiger partial charge in [-0.05, 0) is 24.6 Å². The van der Waals surface area contributed by atoms with Crippen molar-refractivity contribution in [2.24, 2.45) is 11.7 Å². The van der Waals surface area contributed by atoms with E-state index in [1.54, 1.807) is 12.1 Å². The minimum atomic E-state index is -0.956. The van der Waals surface area contributed by atoms with E-state index in [2.05, 4.69) is 10.6 Å². The second-order valence-electron chi connectivity index (χ2n) is 7.07. The summed E-state index contributed by atoms with van der Waals surface area (Å²) in [5, 5.41) is 5.05. The molecule has 0 aliphatic carbocycles. The summed E-state index contributed by atoms with van der Waals surface area (Å²) in [5.74, 6) is -2.12. The topological polar surface area (TPSA) is 127 Å². The van der Waals surface area contributed by atoms with Crippen molar-refractivity contribution in [1.29, 1.82) is 0 Å². The van der Waals surface area contributed by atoms with Gasteiger partial charge in [0.1, 0.15) is 11.9 Å². The number of rotatable bonds is 5. The number of amides is 4. The van der Waals surface area contributed by atoms with E-state index in [1.807, 2.05) is 0 Å². The predicted octanol–water partition coefficient (Wildman–Crippen LogP) is 0.820. The number of halogens is 1. The first-order valence-corrected chi connectivity index (χ1v) is 9.36. The Morgan fingerprint density at radius 2 is 2.00 bits per heavy atom. The largest absolute Gasteiger partial charge is 0.351 e. The van der Waals surface area contributed by atoms with Crippen LogP contribution >= 0.6 is 0 Å². The lowest BCUT2D eigenvalue weighted by atomic mass is 9.97. The zero-order valence-electron chi connectivity index (χ0n) is 16.3. The molecule has 1 unspecified atom stereocenters. The number of carbonyl (C=O) groups excluding carboxylic acids is 3. The minimum Gasteiger partial charge on any atom is -0.351 e. The number of likely N-dealkylation sites (tertiary alicyclic amines) is 1. The van der Waals surface area contributed by atoms with E-state index in [9.17, 15) is 23.6 Å². The molecule has 0 bridgehead atoms. The van der Waals surface area contributed by atoms with Crippen LogP contribution in [0.15, 0.2) is 47.4 Å². The number of aromatic nitrogens is 1. The molecule has 4 amide bonds. The second kappa shape index (κ2) is 8.76. The fourth-order valence-corrected chi connectivity index (χ4v) is 3.48. The summed E-state index contributed by atoms with van der Waals surface area (Å²) in [6.45, 7) is 1.86. The Labute approximate surface area is 171 Å². The van der Waals surface area contributed by atoms with Crippen molar-refractivity contribution in [2.75, 3.05) is 18.4 Å². The molecule has 30 heavy (non-hydrogen) atoms. The van der Waals surface area contributed by atoms with E-state index in [-0.39, 0.29) is 23.7 Å². The van der Waals surface area contributed by atoms with Crippen molar-refractivity contribution in [3.8, 4) is 5.69 Å². The van der Waals surface area contributed by atoms with Crippen molar-refractivity contribution < 1.29 is 18.8 Å². The first kappa shape index (κ1) is 21.0. The zero-order valence-corrected chi connectivity index (χ0v) is 16.3. The number of hydrogen-bond acceptors (Lipinski definition) is 4. The number of anilines is 1. The molecular weight excluding hydrogens is 393 g/mol. The normalized spacial score (nSPS) is 16.7. The van der Waals surface area contributed by atoms with Crippen LogP contribution in [-0.4, -0.2) is 46.4 Å². The number of nitrogens with one attached hydrogen (secondary N) is 2. The Bertz CT molecular complexity index is 1040. The number of carbonyl (C=O) groups is 3. The summed E-state index contributed by atoms with van der Waals surface area (Å²) in [4.78, 5) is 49.0. The molecule has 10 heteroatoms. The molecule has 1 fully saturated rings. The Morgan fingerprint density at radius 1 is 1.23 bits per heavy atom. The molecule has 0 saturated carbocycles. The number of urea groups is 1. The van der Waals surface area contributed by atoms with Gasteiger partial charge in [-0.15, -0.1) is 0 Å². The van der Waals surface area contributed by atoms with Gasteiger partial charge in [0.2, 0.25) is 11.8 Å². The van der Waals surface area contributed by atoms with Gasteiger partial charge in [0, 0.05) is 44.3 Å². The molecule has 9 nitrogen and oxygen atoms in total. The van der Waals surface area contributed by atoms with E-state index in [0.29, 0.717) is 18.7 Å². The van der Waals surface area contributed by atoms with E-state index in [4.69, 9.17) is 5.73 Å². The Hall–Kier alpha value is -3.69. The Kier molecular flexibility index (Phi) is 6.14. The highest BCUT2D eigenvalue weighted by Crippen LogP contribution is 2.23. The third-order valence-electron chi connectivity index (χ3n) is 4.96. The number of primary amides is 1. The van der Waals surface area contributed by atoms with Gasteiger partial charge >= 0.3 is 6.03 Å². The van der Waals surface area contributed by atoms with Crippen LogP contribution in [0.2, 0.25) is 0 Å². The van der Waals surface area contributed by atoms with Gasteiger partial charge in [0.25, 0.3) is 5.56 Å². The minimum absolute atomic E-state index is 0.0900. The average Bonchev–Trinajstić information content (AvgIpc) is 3.18. The van der Waals surface area contributed by atoms with Gasteiger partial charge < -0.3 is 21.3 Å². The van der Waals surface area contributed by atoms with Crippen LogP contribution in [0.4, 0.5) is 14.9 Å². The highest BCUT2D eigenvalue weighted by Gasteiger charge is 2.36. The fraction of sp³-hybridized carbons (Fsp3) is 0.300. The van der Waals surface area contributed by atoms with Gasteiger partial charge in [-0.1, -0.05) is 6.07 Å². The first-order valence-electron chi connectivity index (χ1n) is 9.36. The first-order chi connectivity index (χ1) is 14.3. The molecule has 0 radical (unpaired) electrons. The van der Waals surface area contributed by atoms with Crippen LogP contribution in [-0.2, 0) is 9.59 Å². The number of nitrogens with two attached hydrogens (primary N) is 1. The smallest absolute Gasteiger partial charge is 0.314 e. The summed E-state index contributed by atoms with van der Waals surface area (Å²) in [6.07, 6.45) is 1.98. The van der Waals surface area contributed by atoms with Crippen molar-refractivity contribution in [1.82, 2.24) is 14.8 Å². The van der Waals surface area contributed by atoms with Gasteiger partial charge in [0.15, 0.2) is 0 Å². The standard InChI is InChI=1S/C20H22FN5O4/c1-12(27)23-18(13-7-9-25(11-13)20(22)30)19(29)24-16-6-5-14(10-15(16)21)26-8-3-2-4-17(26)28/h2-6,8,10,13,18H,7,9,11H2,1H3,(H2,22,30)(H,23,27)(H,24,29)/t13-,18?/m0/s1. The van der Waals surface area contributed by atoms with Gasteiger partial charge in [-0.3, -0.25) is 19.0 Å². The molecule has 1 aromatic carbocycles. The Morgan fingerprint density at radius 3 is 2.60 bits per heavy atom. The van der Waals surface area contributed by atoms with Crippen LogP contribution in [0.1, 0.15) is 13.3 Å². The lowest BCUT2D eigenvalue weighted by Crippen LogP contribution is -2.49. The van der Waals surface area contributed by atoms with Crippen LogP contribution in [0.25, 0.3) is 5.69 Å². The van der Waals surface area contributed by atoms with E-state index in [0.717, 1.165) is 6.07 Å². The monoisotopic (exact) mass is 415 g/mol. The number of benzene rings is 1. The molecule has 1 aliphatic rings. The van der Waals surface area contributed by atoms with Gasteiger partial charge in [0.05, 0.1) is 11.4 Å². The number of hydrogen-bond donors (Lipinski definition) is 3. The van der Waals surface area contributed by atoms with E-state index in [1.165, 1.54) is 40.8 Å². The van der Waals surface area contributed by atoms with Crippen LogP contribution in [0.5, 0.6) is 0 Å². The number of pyridine rings is 1. The molecule has 4 N–H and O–H groups in total. The maximum Gasteiger partial charge on any atom is 0.314 e. The molecule has 2 aromatic rings. The SMILES string of the molecule is CC(=O)NC(C(=O)Nc1ccc(-n2ccccc2=O)cc1F)[C@H]1CCN(C(N)=O)C1. The maximum absolute atomic E-state index is 14.6. The van der Waals surface area contributed by atoms with Crippen molar-refractivity contribution >= 4 is 23.5 Å².